The molecule has 0 atom stereocenters. The largest absolute Gasteiger partial charge is 0.465 e. The molecule has 1 heterocycles. The predicted octanol–water partition coefficient (Wildman–Crippen LogP) is 4.73. The molecule has 0 bridgehead atoms. The van der Waals surface area contributed by atoms with E-state index in [-0.39, 0.29) is 22.0 Å². The second-order valence-electron chi connectivity index (χ2n) is 6.31. The molecule has 0 radical (unpaired) electrons. The van der Waals surface area contributed by atoms with Gasteiger partial charge in [0.05, 0.1) is 28.3 Å². The highest BCUT2D eigenvalue weighted by Crippen LogP contribution is 2.29. The SMILES string of the molecule is COC(=O)c1cc(S(=O)(=O)NCCc2nc(-c3ccc(Cl)cc3)sc2C)ccc1Cl. The molecular formula is C20H18Cl2N2O4S2. The molecule has 3 rings (SSSR count). The van der Waals surface area contributed by atoms with Crippen molar-refractivity contribution in [2.24, 2.45) is 0 Å². The van der Waals surface area contributed by atoms with E-state index in [4.69, 9.17) is 23.2 Å². The molecule has 2 aromatic carbocycles. The van der Waals surface area contributed by atoms with Gasteiger partial charge in [-0.05, 0) is 37.3 Å². The van der Waals surface area contributed by atoms with E-state index in [9.17, 15) is 13.2 Å². The number of sulfonamides is 1. The van der Waals surface area contributed by atoms with Gasteiger partial charge in [0.25, 0.3) is 0 Å². The summed E-state index contributed by atoms with van der Waals surface area (Å²) in [6.45, 7) is 2.10. The maximum Gasteiger partial charge on any atom is 0.339 e. The highest BCUT2D eigenvalue weighted by molar-refractivity contribution is 7.89. The van der Waals surface area contributed by atoms with Crippen LogP contribution in [-0.2, 0) is 21.2 Å². The summed E-state index contributed by atoms with van der Waals surface area (Å²) < 4.78 is 32.4. The summed E-state index contributed by atoms with van der Waals surface area (Å²) in [6, 6.07) is 11.3. The van der Waals surface area contributed by atoms with Crippen LogP contribution in [0.1, 0.15) is 20.9 Å². The lowest BCUT2D eigenvalue weighted by Gasteiger charge is -2.09. The number of thiazole rings is 1. The van der Waals surface area contributed by atoms with Gasteiger partial charge in [0.2, 0.25) is 10.0 Å². The molecule has 0 aliphatic rings. The summed E-state index contributed by atoms with van der Waals surface area (Å²) >= 11 is 13.4. The Kier molecular flexibility index (Phi) is 7.15. The van der Waals surface area contributed by atoms with Gasteiger partial charge < -0.3 is 4.74 Å². The Balaban J connectivity index is 1.70. The quantitative estimate of drug-likeness (QED) is 0.489. The summed E-state index contributed by atoms with van der Waals surface area (Å²) in [5.41, 5.74) is 1.76. The standard InChI is InChI=1S/C20H18Cl2N2O4S2/c1-12-18(24-19(29-12)13-3-5-14(21)6-4-13)9-10-23-30(26,27)15-7-8-17(22)16(11-15)20(25)28-2/h3-8,11,23H,9-10H2,1-2H3. The van der Waals surface area contributed by atoms with Crippen LogP contribution in [0.25, 0.3) is 10.6 Å². The van der Waals surface area contributed by atoms with Crippen LogP contribution in [0.3, 0.4) is 0 Å². The number of methoxy groups -OCH3 is 1. The molecule has 3 aromatic rings. The fourth-order valence-corrected chi connectivity index (χ4v) is 5.04. The molecule has 0 saturated carbocycles. The minimum atomic E-state index is -3.83. The molecule has 30 heavy (non-hydrogen) atoms. The Labute approximate surface area is 188 Å². The molecule has 158 valence electrons. The van der Waals surface area contributed by atoms with E-state index in [2.05, 4.69) is 14.4 Å². The second-order valence-corrected chi connectivity index (χ2v) is 10.1. The van der Waals surface area contributed by atoms with Crippen LogP contribution in [0.5, 0.6) is 0 Å². The number of carbonyl (C=O) groups is 1. The summed E-state index contributed by atoms with van der Waals surface area (Å²) in [5.74, 6) is -0.704. The fourth-order valence-electron chi connectivity index (χ4n) is 2.70. The Morgan fingerprint density at radius 1 is 1.17 bits per heavy atom. The van der Waals surface area contributed by atoms with E-state index >= 15 is 0 Å². The molecule has 0 unspecified atom stereocenters. The number of nitrogens with one attached hydrogen (secondary N) is 1. The average molecular weight is 485 g/mol. The number of benzene rings is 2. The van der Waals surface area contributed by atoms with Crippen LogP contribution < -0.4 is 4.72 Å². The van der Waals surface area contributed by atoms with Crippen LogP contribution in [0, 0.1) is 6.92 Å². The summed E-state index contributed by atoms with van der Waals surface area (Å²) in [7, 11) is -2.63. The Morgan fingerprint density at radius 3 is 2.53 bits per heavy atom. The first-order valence-corrected chi connectivity index (χ1v) is 11.9. The van der Waals surface area contributed by atoms with Crippen LogP contribution in [0.4, 0.5) is 0 Å². The number of ether oxygens (including phenoxy) is 1. The Hall–Kier alpha value is -1.97. The van der Waals surface area contributed by atoms with Crippen LogP contribution >= 0.6 is 34.5 Å². The van der Waals surface area contributed by atoms with E-state index in [0.29, 0.717) is 11.4 Å². The summed E-state index contributed by atoms with van der Waals surface area (Å²) in [4.78, 5) is 17.3. The molecule has 6 nitrogen and oxygen atoms in total. The lowest BCUT2D eigenvalue weighted by molar-refractivity contribution is 0.0600. The van der Waals surface area contributed by atoms with Crippen molar-refractivity contribution >= 4 is 50.5 Å². The molecule has 10 heteroatoms. The number of hydrogen-bond donors (Lipinski definition) is 1. The zero-order chi connectivity index (χ0) is 21.9. The van der Waals surface area contributed by atoms with Crippen LogP contribution in [-0.4, -0.2) is 33.0 Å². The number of esters is 1. The highest BCUT2D eigenvalue weighted by Gasteiger charge is 2.19. The van der Waals surface area contributed by atoms with Gasteiger partial charge in [-0.2, -0.15) is 0 Å². The highest BCUT2D eigenvalue weighted by atomic mass is 35.5. The number of hydrogen-bond acceptors (Lipinski definition) is 6. The Morgan fingerprint density at radius 2 is 1.87 bits per heavy atom. The van der Waals surface area contributed by atoms with Crippen molar-refractivity contribution in [2.75, 3.05) is 13.7 Å². The topological polar surface area (TPSA) is 85.4 Å². The maximum atomic E-state index is 12.6. The van der Waals surface area contributed by atoms with Crippen molar-refractivity contribution in [3.8, 4) is 10.6 Å². The van der Waals surface area contributed by atoms with E-state index in [0.717, 1.165) is 21.1 Å². The van der Waals surface area contributed by atoms with Gasteiger partial charge in [-0.1, -0.05) is 35.3 Å². The number of nitrogens with zero attached hydrogens (tertiary/aromatic N) is 1. The van der Waals surface area contributed by atoms with E-state index in [1.54, 1.807) is 12.1 Å². The summed E-state index contributed by atoms with van der Waals surface area (Å²) in [5, 5.41) is 1.62. The van der Waals surface area contributed by atoms with Crippen molar-refractivity contribution in [2.45, 2.75) is 18.2 Å². The van der Waals surface area contributed by atoms with Gasteiger partial charge in [0.15, 0.2) is 0 Å². The third kappa shape index (κ3) is 5.19. The molecule has 0 aliphatic carbocycles. The van der Waals surface area contributed by atoms with Gasteiger partial charge in [-0.25, -0.2) is 22.9 Å². The molecule has 0 fully saturated rings. The first-order chi connectivity index (χ1) is 14.2. The average Bonchev–Trinajstić information content (AvgIpc) is 3.08. The third-order valence-electron chi connectivity index (χ3n) is 4.29. The summed E-state index contributed by atoms with van der Waals surface area (Å²) in [6.07, 6.45) is 0.423. The number of aryl methyl sites for hydroxylation is 1. The van der Waals surface area contributed by atoms with E-state index in [1.807, 2.05) is 19.1 Å². The molecule has 0 spiro atoms. The van der Waals surface area contributed by atoms with Gasteiger partial charge >= 0.3 is 5.97 Å². The zero-order valence-electron chi connectivity index (χ0n) is 16.1. The molecule has 0 saturated heterocycles. The number of aromatic nitrogens is 1. The predicted molar refractivity (Wildman–Crippen MR) is 119 cm³/mol. The van der Waals surface area contributed by atoms with Gasteiger partial charge in [-0.3, -0.25) is 0 Å². The lowest BCUT2D eigenvalue weighted by atomic mass is 10.2. The molecular weight excluding hydrogens is 467 g/mol. The first-order valence-electron chi connectivity index (χ1n) is 8.81. The monoisotopic (exact) mass is 484 g/mol. The molecule has 1 aromatic heterocycles. The zero-order valence-corrected chi connectivity index (χ0v) is 19.3. The second kappa shape index (κ2) is 9.45. The number of halogens is 2. The maximum absolute atomic E-state index is 12.6. The van der Waals surface area contributed by atoms with Crippen molar-refractivity contribution in [1.82, 2.24) is 9.71 Å². The van der Waals surface area contributed by atoms with E-state index < -0.39 is 16.0 Å². The van der Waals surface area contributed by atoms with Crippen molar-refractivity contribution in [3.05, 3.63) is 68.6 Å². The number of rotatable bonds is 7. The van der Waals surface area contributed by atoms with Crippen LogP contribution in [0.15, 0.2) is 47.4 Å². The van der Waals surface area contributed by atoms with E-state index in [1.165, 1.54) is 36.6 Å². The van der Waals surface area contributed by atoms with Gasteiger partial charge in [0.1, 0.15) is 5.01 Å². The van der Waals surface area contributed by atoms with Crippen molar-refractivity contribution in [1.29, 1.82) is 0 Å². The minimum Gasteiger partial charge on any atom is -0.465 e. The third-order valence-corrected chi connectivity index (χ3v) is 7.39. The van der Waals surface area contributed by atoms with Crippen molar-refractivity contribution < 1.29 is 17.9 Å². The normalized spacial score (nSPS) is 11.5. The Bertz CT molecular complexity index is 1180. The van der Waals surface area contributed by atoms with Gasteiger partial charge in [0, 0.05) is 28.4 Å². The van der Waals surface area contributed by atoms with Crippen molar-refractivity contribution in [3.63, 3.8) is 0 Å². The molecule has 0 aliphatic heterocycles. The number of carbonyl (C=O) groups excluding carboxylic acids is 1. The first kappa shape index (κ1) is 22.7. The van der Waals surface area contributed by atoms with Gasteiger partial charge in [-0.15, -0.1) is 11.3 Å². The minimum absolute atomic E-state index is 0.00927. The smallest absolute Gasteiger partial charge is 0.339 e. The van der Waals surface area contributed by atoms with Crippen LogP contribution in [0.2, 0.25) is 10.0 Å². The molecule has 0 amide bonds. The fraction of sp³-hybridized carbons (Fsp3) is 0.200. The molecule has 1 N–H and O–H groups in total. The lowest BCUT2D eigenvalue weighted by Crippen LogP contribution is -2.26.